The molecule has 1 N–H and O–H groups in total. The molecule has 1 heterocycles. The number of rotatable bonds is 1. The lowest BCUT2D eigenvalue weighted by Crippen LogP contribution is -1.89. The Morgan fingerprint density at radius 2 is 1.79 bits per heavy atom. The van der Waals surface area contributed by atoms with Crippen LogP contribution < -0.4 is 0 Å². The summed E-state index contributed by atoms with van der Waals surface area (Å²) in [5, 5.41) is 0.172. The van der Waals surface area contributed by atoms with Gasteiger partial charge in [-0.05, 0) is 24.3 Å². The van der Waals surface area contributed by atoms with Gasteiger partial charge in [0, 0.05) is 0 Å². The van der Waals surface area contributed by atoms with E-state index in [1.54, 1.807) is 18.2 Å². The third kappa shape index (κ3) is 2.07. The maximum atomic E-state index is 13.8. The van der Waals surface area contributed by atoms with E-state index >= 15 is 0 Å². The van der Waals surface area contributed by atoms with Crippen LogP contribution in [0.3, 0.4) is 0 Å². The number of hydrogen-bond donors (Lipinski definition) is 1. The SMILES string of the molecule is Fc1cc(-c2nc3c(Cl)cccc3[nH]2)c(F)cc1Cl. The number of aromatic nitrogens is 2. The fraction of sp³-hybridized carbons (Fsp3) is 0. The largest absolute Gasteiger partial charge is 0.338 e. The molecule has 0 saturated carbocycles. The lowest BCUT2D eigenvalue weighted by Gasteiger charge is -2.01. The molecule has 2 aromatic carbocycles. The number of H-pyrrole nitrogens is 1. The number of halogens is 4. The molecule has 6 heteroatoms. The van der Waals surface area contributed by atoms with E-state index in [4.69, 9.17) is 23.2 Å². The zero-order valence-corrected chi connectivity index (χ0v) is 10.9. The van der Waals surface area contributed by atoms with Gasteiger partial charge in [0.25, 0.3) is 0 Å². The highest BCUT2D eigenvalue weighted by Gasteiger charge is 2.14. The van der Waals surface area contributed by atoms with Crippen molar-refractivity contribution < 1.29 is 8.78 Å². The van der Waals surface area contributed by atoms with Crippen molar-refractivity contribution in [3.63, 3.8) is 0 Å². The van der Waals surface area contributed by atoms with Crippen LogP contribution in [-0.2, 0) is 0 Å². The molecule has 0 bridgehead atoms. The summed E-state index contributed by atoms with van der Waals surface area (Å²) in [6.07, 6.45) is 0. The monoisotopic (exact) mass is 298 g/mol. The van der Waals surface area contributed by atoms with E-state index in [-0.39, 0.29) is 16.4 Å². The van der Waals surface area contributed by atoms with Gasteiger partial charge in [0.05, 0.1) is 21.1 Å². The molecule has 3 aromatic rings. The van der Waals surface area contributed by atoms with Gasteiger partial charge in [-0.25, -0.2) is 13.8 Å². The zero-order chi connectivity index (χ0) is 13.6. The van der Waals surface area contributed by atoms with Crippen LogP contribution in [0.5, 0.6) is 0 Å². The van der Waals surface area contributed by atoms with Gasteiger partial charge in [0.1, 0.15) is 23.0 Å². The molecule has 0 atom stereocenters. The van der Waals surface area contributed by atoms with Crippen molar-refractivity contribution >= 4 is 34.2 Å². The molecule has 0 aliphatic carbocycles. The number of nitrogens with one attached hydrogen (secondary N) is 1. The van der Waals surface area contributed by atoms with Crippen molar-refractivity contribution in [1.29, 1.82) is 0 Å². The summed E-state index contributed by atoms with van der Waals surface area (Å²) in [6, 6.07) is 7.09. The summed E-state index contributed by atoms with van der Waals surface area (Å²) < 4.78 is 27.2. The maximum absolute atomic E-state index is 13.8. The Morgan fingerprint density at radius 3 is 2.53 bits per heavy atom. The normalized spacial score (nSPS) is 11.2. The highest BCUT2D eigenvalue weighted by Crippen LogP contribution is 2.29. The summed E-state index contributed by atoms with van der Waals surface area (Å²) >= 11 is 11.5. The molecule has 0 aliphatic rings. The first-order valence-electron chi connectivity index (χ1n) is 5.35. The van der Waals surface area contributed by atoms with Crippen LogP contribution in [0.15, 0.2) is 30.3 Å². The number of hydrogen-bond acceptors (Lipinski definition) is 1. The van der Waals surface area contributed by atoms with E-state index in [1.807, 2.05) is 0 Å². The summed E-state index contributed by atoms with van der Waals surface area (Å²) in [6.45, 7) is 0. The van der Waals surface area contributed by atoms with Crippen LogP contribution in [0.4, 0.5) is 8.78 Å². The molecule has 96 valence electrons. The van der Waals surface area contributed by atoms with Crippen molar-refractivity contribution in [3.05, 3.63) is 52.0 Å². The van der Waals surface area contributed by atoms with Crippen LogP contribution >= 0.6 is 23.2 Å². The number of aromatic amines is 1. The molecular formula is C13H6Cl2F2N2. The molecule has 0 spiro atoms. The van der Waals surface area contributed by atoms with E-state index in [1.165, 1.54) is 0 Å². The predicted octanol–water partition coefficient (Wildman–Crippen LogP) is 4.81. The first kappa shape index (κ1) is 12.4. The Balaban J connectivity index is 2.25. The van der Waals surface area contributed by atoms with Gasteiger partial charge in [-0.1, -0.05) is 29.3 Å². The Labute approximate surface area is 117 Å². The quantitative estimate of drug-likeness (QED) is 0.641. The zero-order valence-electron chi connectivity index (χ0n) is 9.35. The van der Waals surface area contributed by atoms with Gasteiger partial charge in [0.15, 0.2) is 0 Å². The number of nitrogens with zero attached hydrogens (tertiary/aromatic N) is 1. The molecule has 0 unspecified atom stereocenters. The fourth-order valence-electron chi connectivity index (χ4n) is 1.83. The summed E-state index contributed by atoms with van der Waals surface area (Å²) in [4.78, 5) is 7.07. The topological polar surface area (TPSA) is 28.7 Å². The van der Waals surface area contributed by atoms with Crippen LogP contribution in [-0.4, -0.2) is 9.97 Å². The first-order valence-corrected chi connectivity index (χ1v) is 6.11. The Morgan fingerprint density at radius 1 is 1.00 bits per heavy atom. The minimum atomic E-state index is -0.704. The van der Waals surface area contributed by atoms with Gasteiger partial charge in [-0.2, -0.15) is 0 Å². The second-order valence-electron chi connectivity index (χ2n) is 3.97. The standard InChI is InChI=1S/C13H6Cl2F2N2/c14-7-2-1-3-11-12(7)19-13(18-11)6-4-10(17)8(15)5-9(6)16/h1-5H,(H,18,19). The van der Waals surface area contributed by atoms with E-state index in [9.17, 15) is 8.78 Å². The third-order valence-corrected chi connectivity index (χ3v) is 3.32. The van der Waals surface area contributed by atoms with Gasteiger partial charge in [-0.15, -0.1) is 0 Å². The van der Waals surface area contributed by atoms with E-state index in [2.05, 4.69) is 9.97 Å². The van der Waals surface area contributed by atoms with Gasteiger partial charge in [-0.3, -0.25) is 0 Å². The van der Waals surface area contributed by atoms with Crippen LogP contribution in [0.2, 0.25) is 10.0 Å². The number of imidazole rings is 1. The molecule has 0 amide bonds. The van der Waals surface area contributed by atoms with Crippen LogP contribution in [0, 0.1) is 11.6 Å². The average Bonchev–Trinajstić information content (AvgIpc) is 2.79. The smallest absolute Gasteiger partial charge is 0.142 e. The average molecular weight is 299 g/mol. The van der Waals surface area contributed by atoms with Gasteiger partial charge < -0.3 is 4.98 Å². The highest BCUT2D eigenvalue weighted by molar-refractivity contribution is 6.35. The summed E-state index contributed by atoms with van der Waals surface area (Å²) in [5.74, 6) is -1.15. The minimum Gasteiger partial charge on any atom is -0.338 e. The molecule has 0 saturated heterocycles. The van der Waals surface area contributed by atoms with Crippen LogP contribution in [0.1, 0.15) is 0 Å². The maximum Gasteiger partial charge on any atom is 0.142 e. The van der Waals surface area contributed by atoms with Crippen LogP contribution in [0.25, 0.3) is 22.4 Å². The van der Waals surface area contributed by atoms with Crippen molar-refractivity contribution in [3.8, 4) is 11.4 Å². The van der Waals surface area contributed by atoms with Crippen molar-refractivity contribution in [2.75, 3.05) is 0 Å². The molecular weight excluding hydrogens is 293 g/mol. The molecule has 3 rings (SSSR count). The lowest BCUT2D eigenvalue weighted by molar-refractivity contribution is 0.602. The number of benzene rings is 2. The fourth-order valence-corrected chi connectivity index (χ4v) is 2.20. The molecule has 0 fully saturated rings. The number of para-hydroxylation sites is 1. The second-order valence-corrected chi connectivity index (χ2v) is 4.78. The first-order chi connectivity index (χ1) is 9.06. The van der Waals surface area contributed by atoms with Gasteiger partial charge in [0.2, 0.25) is 0 Å². The Hall–Kier alpha value is -1.65. The highest BCUT2D eigenvalue weighted by atomic mass is 35.5. The van der Waals surface area contributed by atoms with Crippen molar-refractivity contribution in [2.45, 2.75) is 0 Å². The summed E-state index contributed by atoms with van der Waals surface area (Å²) in [5.41, 5.74) is 1.17. The molecule has 1 aromatic heterocycles. The Kier molecular flexibility index (Phi) is 2.92. The Bertz CT molecular complexity index is 784. The second kappa shape index (κ2) is 4.47. The van der Waals surface area contributed by atoms with Crippen molar-refractivity contribution in [2.24, 2.45) is 0 Å². The molecule has 0 radical (unpaired) electrons. The lowest BCUT2D eigenvalue weighted by atomic mass is 10.2. The molecule has 19 heavy (non-hydrogen) atoms. The summed E-state index contributed by atoms with van der Waals surface area (Å²) in [7, 11) is 0. The van der Waals surface area contributed by atoms with E-state index in [0.29, 0.717) is 16.1 Å². The third-order valence-electron chi connectivity index (χ3n) is 2.73. The predicted molar refractivity (Wildman–Crippen MR) is 71.5 cm³/mol. The van der Waals surface area contributed by atoms with E-state index < -0.39 is 11.6 Å². The number of fused-ring (bicyclic) bond motifs is 1. The van der Waals surface area contributed by atoms with E-state index in [0.717, 1.165) is 12.1 Å². The van der Waals surface area contributed by atoms with Crippen molar-refractivity contribution in [1.82, 2.24) is 9.97 Å². The van der Waals surface area contributed by atoms with Gasteiger partial charge >= 0.3 is 0 Å². The minimum absolute atomic E-state index is 0.00849. The molecule has 2 nitrogen and oxygen atoms in total. The molecule has 0 aliphatic heterocycles.